The van der Waals surface area contributed by atoms with Gasteiger partial charge in [0, 0.05) is 23.9 Å². The molecule has 5 heteroatoms. The Balaban J connectivity index is 1.95. The van der Waals surface area contributed by atoms with E-state index in [4.69, 9.17) is 14.7 Å². The molecule has 0 aliphatic heterocycles. The minimum Gasteiger partial charge on any atom is -0.493 e. The highest BCUT2D eigenvalue weighted by atomic mass is 32.1. The first-order chi connectivity index (χ1) is 11.2. The highest BCUT2D eigenvalue weighted by Gasteiger charge is 2.09. The monoisotopic (exact) mass is 330 g/mol. The van der Waals surface area contributed by atoms with Gasteiger partial charge in [0.25, 0.3) is 0 Å². The van der Waals surface area contributed by atoms with E-state index in [-0.39, 0.29) is 0 Å². The second-order valence-corrected chi connectivity index (χ2v) is 6.19. The summed E-state index contributed by atoms with van der Waals surface area (Å²) in [5.74, 6) is 1.45. The first kappa shape index (κ1) is 17.3. The number of ether oxygens (including phenoxy) is 2. The normalized spacial score (nSPS) is 11.7. The van der Waals surface area contributed by atoms with Crippen LogP contribution in [0.1, 0.15) is 36.2 Å². The Labute approximate surface area is 141 Å². The number of unbranched alkanes of at least 4 members (excludes halogenated alkanes) is 1. The van der Waals surface area contributed by atoms with Gasteiger partial charge < -0.3 is 14.8 Å². The van der Waals surface area contributed by atoms with Gasteiger partial charge in [-0.15, -0.1) is 11.3 Å². The molecule has 2 aromatic rings. The molecule has 1 unspecified atom stereocenters. The molecule has 2 rings (SSSR count). The zero-order valence-electron chi connectivity index (χ0n) is 13.5. The second-order valence-electron chi connectivity index (χ2n) is 5.21. The third kappa shape index (κ3) is 5.27. The lowest BCUT2D eigenvalue weighted by Gasteiger charge is -2.15. The predicted octanol–water partition coefficient (Wildman–Crippen LogP) is 4.29. The molecule has 1 N–H and O–H groups in total. The molecule has 1 aromatic heterocycles. The fourth-order valence-electron chi connectivity index (χ4n) is 2.19. The van der Waals surface area contributed by atoms with Crippen LogP contribution < -0.4 is 14.8 Å². The smallest absolute Gasteiger partial charge is 0.161 e. The summed E-state index contributed by atoms with van der Waals surface area (Å²) in [7, 11) is 1.63. The molecule has 1 aromatic carbocycles. The summed E-state index contributed by atoms with van der Waals surface area (Å²) in [5, 5.41) is 14.2. The van der Waals surface area contributed by atoms with Crippen LogP contribution in [0.2, 0.25) is 0 Å². The van der Waals surface area contributed by atoms with Gasteiger partial charge >= 0.3 is 0 Å². The van der Waals surface area contributed by atoms with E-state index >= 15 is 0 Å². The van der Waals surface area contributed by atoms with E-state index in [1.807, 2.05) is 18.2 Å². The average Bonchev–Trinajstić information content (AvgIpc) is 3.11. The van der Waals surface area contributed by atoms with Gasteiger partial charge in [0.05, 0.1) is 19.8 Å². The van der Waals surface area contributed by atoms with Crippen LogP contribution >= 0.6 is 11.3 Å². The lowest BCUT2D eigenvalue weighted by atomic mass is 10.2. The zero-order chi connectivity index (χ0) is 16.5. The van der Waals surface area contributed by atoms with Gasteiger partial charge in [0.15, 0.2) is 11.5 Å². The third-order valence-corrected chi connectivity index (χ3v) is 4.56. The van der Waals surface area contributed by atoms with Crippen LogP contribution in [0, 0.1) is 11.3 Å². The molecule has 0 aliphatic carbocycles. The van der Waals surface area contributed by atoms with Gasteiger partial charge in [-0.3, -0.25) is 0 Å². The summed E-state index contributed by atoms with van der Waals surface area (Å²) in [6, 6.07) is 12.6. The lowest BCUT2D eigenvalue weighted by Crippen LogP contribution is -2.17. The summed E-state index contributed by atoms with van der Waals surface area (Å²) >= 11 is 1.76. The van der Waals surface area contributed by atoms with Crippen molar-refractivity contribution in [1.82, 2.24) is 5.32 Å². The van der Waals surface area contributed by atoms with Crippen molar-refractivity contribution in [3.8, 4) is 17.6 Å². The van der Waals surface area contributed by atoms with Gasteiger partial charge in [0.2, 0.25) is 0 Å². The van der Waals surface area contributed by atoms with Crippen LogP contribution in [-0.2, 0) is 6.54 Å². The first-order valence-electron chi connectivity index (χ1n) is 7.68. The van der Waals surface area contributed by atoms with Crippen molar-refractivity contribution in [1.29, 1.82) is 5.26 Å². The van der Waals surface area contributed by atoms with Crippen molar-refractivity contribution in [2.75, 3.05) is 13.7 Å². The van der Waals surface area contributed by atoms with E-state index in [2.05, 4.69) is 35.8 Å². The van der Waals surface area contributed by atoms with E-state index in [1.165, 1.54) is 4.88 Å². The molecule has 0 amide bonds. The number of nitrogens with one attached hydrogen (secondary N) is 1. The third-order valence-electron chi connectivity index (χ3n) is 3.50. The summed E-state index contributed by atoms with van der Waals surface area (Å²) in [6.07, 6.45) is 1.22. The van der Waals surface area contributed by atoms with Crippen LogP contribution in [0.3, 0.4) is 0 Å². The van der Waals surface area contributed by atoms with Crippen LogP contribution in [0.25, 0.3) is 0 Å². The molecule has 0 spiro atoms. The van der Waals surface area contributed by atoms with Crippen molar-refractivity contribution in [3.05, 3.63) is 46.2 Å². The molecule has 23 heavy (non-hydrogen) atoms. The maximum atomic E-state index is 8.57. The zero-order valence-corrected chi connectivity index (χ0v) is 14.4. The number of rotatable bonds is 9. The fourth-order valence-corrected chi connectivity index (χ4v) is 2.95. The molecule has 1 atom stereocenters. The summed E-state index contributed by atoms with van der Waals surface area (Å²) in [5.41, 5.74) is 1.14. The van der Waals surface area contributed by atoms with Crippen molar-refractivity contribution in [2.24, 2.45) is 0 Å². The summed E-state index contributed by atoms with van der Waals surface area (Å²) < 4.78 is 11.1. The molecule has 122 valence electrons. The van der Waals surface area contributed by atoms with E-state index in [9.17, 15) is 0 Å². The van der Waals surface area contributed by atoms with E-state index < -0.39 is 0 Å². The van der Waals surface area contributed by atoms with Crippen LogP contribution in [0.4, 0.5) is 0 Å². The largest absolute Gasteiger partial charge is 0.493 e. The number of hydrogen-bond donors (Lipinski definition) is 1. The van der Waals surface area contributed by atoms with Crippen molar-refractivity contribution >= 4 is 11.3 Å². The van der Waals surface area contributed by atoms with Gasteiger partial charge in [-0.2, -0.15) is 5.26 Å². The molecular weight excluding hydrogens is 308 g/mol. The minimum absolute atomic E-state index is 0.317. The average molecular weight is 330 g/mol. The molecule has 0 aliphatic rings. The molecule has 4 nitrogen and oxygen atoms in total. The second kappa shape index (κ2) is 9.19. The molecule has 0 fully saturated rings. The maximum Gasteiger partial charge on any atom is 0.161 e. The standard InChI is InChI=1S/C18H22N2O2S/c1-14(18-6-5-11-23-18)20-13-15-7-8-16(21-2)17(12-15)22-10-4-3-9-19/h5-8,11-12,14,20H,3-4,10,13H2,1-2H3. The van der Waals surface area contributed by atoms with E-state index in [1.54, 1.807) is 18.4 Å². The van der Waals surface area contributed by atoms with Gasteiger partial charge in [-0.1, -0.05) is 12.1 Å². The lowest BCUT2D eigenvalue weighted by molar-refractivity contribution is 0.290. The fraction of sp³-hybridized carbons (Fsp3) is 0.389. The SMILES string of the molecule is COc1ccc(CNC(C)c2cccs2)cc1OCCCC#N. The van der Waals surface area contributed by atoms with Crippen LogP contribution in [0.15, 0.2) is 35.7 Å². The number of thiophene rings is 1. The van der Waals surface area contributed by atoms with Gasteiger partial charge in [-0.25, -0.2) is 0 Å². The Bertz CT molecular complexity index is 635. The summed E-state index contributed by atoms with van der Waals surface area (Å²) in [4.78, 5) is 1.33. The molecule has 0 radical (unpaired) electrons. The Morgan fingerprint density at radius 1 is 1.30 bits per heavy atom. The molecule has 0 saturated heterocycles. The highest BCUT2D eigenvalue weighted by Crippen LogP contribution is 2.28. The van der Waals surface area contributed by atoms with Crippen LogP contribution in [0.5, 0.6) is 11.5 Å². The Kier molecular flexibility index (Phi) is 6.92. The van der Waals surface area contributed by atoms with Crippen molar-refractivity contribution in [3.63, 3.8) is 0 Å². The number of nitrogens with zero attached hydrogens (tertiary/aromatic N) is 1. The molecule has 0 bridgehead atoms. The molecular formula is C18H22N2O2S. The Morgan fingerprint density at radius 3 is 2.87 bits per heavy atom. The van der Waals surface area contributed by atoms with Gasteiger partial charge in [-0.05, 0) is 42.5 Å². The molecule has 0 saturated carbocycles. The van der Waals surface area contributed by atoms with Crippen molar-refractivity contribution in [2.45, 2.75) is 32.4 Å². The van der Waals surface area contributed by atoms with E-state index in [0.29, 0.717) is 19.1 Å². The topological polar surface area (TPSA) is 54.3 Å². The summed E-state index contributed by atoms with van der Waals surface area (Å²) in [6.45, 7) is 3.44. The first-order valence-corrected chi connectivity index (χ1v) is 8.56. The highest BCUT2D eigenvalue weighted by molar-refractivity contribution is 7.10. The van der Waals surface area contributed by atoms with Crippen LogP contribution in [-0.4, -0.2) is 13.7 Å². The minimum atomic E-state index is 0.317. The Hall–Kier alpha value is -2.03. The molecule has 1 heterocycles. The number of nitriles is 1. The van der Waals surface area contributed by atoms with Gasteiger partial charge in [0.1, 0.15) is 0 Å². The van der Waals surface area contributed by atoms with Crippen molar-refractivity contribution < 1.29 is 9.47 Å². The number of methoxy groups -OCH3 is 1. The number of hydrogen-bond acceptors (Lipinski definition) is 5. The van der Waals surface area contributed by atoms with E-state index in [0.717, 1.165) is 30.0 Å². The predicted molar refractivity (Wildman–Crippen MR) is 92.9 cm³/mol. The quantitative estimate of drug-likeness (QED) is 0.697. The maximum absolute atomic E-state index is 8.57. The Morgan fingerprint density at radius 2 is 2.17 bits per heavy atom. The number of benzene rings is 1.